The summed E-state index contributed by atoms with van der Waals surface area (Å²) in [7, 11) is 0. The second kappa shape index (κ2) is 11.2. The predicted octanol–water partition coefficient (Wildman–Crippen LogP) is 3.61. The maximum atomic E-state index is 12.9. The number of hydrazine groups is 1. The Labute approximate surface area is 202 Å². The van der Waals surface area contributed by atoms with Gasteiger partial charge in [-0.3, -0.25) is 25.2 Å². The molecule has 1 fully saturated rings. The van der Waals surface area contributed by atoms with Crippen molar-refractivity contribution in [2.45, 2.75) is 38.8 Å². The molecule has 1 heterocycles. The highest BCUT2D eigenvalue weighted by Crippen LogP contribution is 2.24. The molecule has 2 N–H and O–H groups in total. The van der Waals surface area contributed by atoms with Crippen LogP contribution in [0, 0.1) is 0 Å². The van der Waals surface area contributed by atoms with E-state index < -0.39 is 24.0 Å². The third-order valence-corrected chi connectivity index (χ3v) is 5.49. The van der Waals surface area contributed by atoms with Gasteiger partial charge in [-0.25, -0.2) is 0 Å². The Hall–Kier alpha value is -2.97. The highest BCUT2D eigenvalue weighted by molar-refractivity contribution is 6.35. The normalized spacial score (nSPS) is 16.1. The summed E-state index contributed by atoms with van der Waals surface area (Å²) in [6.07, 6.45) is 0.265. The first kappa shape index (κ1) is 24.7. The topological polar surface area (TPSA) is 97.0 Å². The van der Waals surface area contributed by atoms with Gasteiger partial charge in [0.1, 0.15) is 17.5 Å². The summed E-state index contributed by atoms with van der Waals surface area (Å²) < 4.78 is 11.0. The van der Waals surface area contributed by atoms with E-state index in [1.54, 1.807) is 31.2 Å². The van der Waals surface area contributed by atoms with Crippen molar-refractivity contribution in [3.05, 3.63) is 58.1 Å². The van der Waals surface area contributed by atoms with Crippen molar-refractivity contribution in [3.63, 3.8) is 0 Å². The number of halogens is 2. The van der Waals surface area contributed by atoms with Crippen molar-refractivity contribution in [2.75, 3.05) is 13.2 Å². The van der Waals surface area contributed by atoms with E-state index in [1.807, 2.05) is 6.92 Å². The van der Waals surface area contributed by atoms with Gasteiger partial charge in [0, 0.05) is 22.2 Å². The number of benzene rings is 2. The molecule has 0 bridgehead atoms. The van der Waals surface area contributed by atoms with E-state index in [9.17, 15) is 14.4 Å². The Morgan fingerprint density at radius 2 is 1.70 bits per heavy atom. The predicted molar refractivity (Wildman–Crippen MR) is 125 cm³/mol. The SMILES string of the molecule is CCOc1ccc(OC(C)C(=O)NNC(=O)C2CCCN2C(=O)c2cc(Cl)cc(Cl)c2)cc1. The minimum atomic E-state index is -0.863. The number of carbonyl (C=O) groups excluding carboxylic acids is 3. The number of amides is 3. The molecule has 0 spiro atoms. The van der Waals surface area contributed by atoms with Gasteiger partial charge in [-0.15, -0.1) is 0 Å². The van der Waals surface area contributed by atoms with Crippen LogP contribution in [0.25, 0.3) is 0 Å². The lowest BCUT2D eigenvalue weighted by molar-refractivity contribution is -0.134. The molecule has 1 aliphatic heterocycles. The lowest BCUT2D eigenvalue weighted by Crippen LogP contribution is -2.53. The lowest BCUT2D eigenvalue weighted by atomic mass is 10.1. The molecule has 0 aliphatic carbocycles. The van der Waals surface area contributed by atoms with Crippen LogP contribution in [0.15, 0.2) is 42.5 Å². The van der Waals surface area contributed by atoms with Gasteiger partial charge in [-0.2, -0.15) is 0 Å². The van der Waals surface area contributed by atoms with Gasteiger partial charge < -0.3 is 14.4 Å². The summed E-state index contributed by atoms with van der Waals surface area (Å²) in [5, 5.41) is 0.666. The molecule has 0 saturated carbocycles. The molecule has 2 aromatic carbocycles. The molecular formula is C23H25Cl2N3O5. The van der Waals surface area contributed by atoms with Crippen LogP contribution in [-0.4, -0.2) is 47.9 Å². The standard InChI is InChI=1S/C23H25Cl2N3O5/c1-3-32-18-6-8-19(9-7-18)33-14(2)21(29)26-27-22(30)20-5-4-10-28(20)23(31)15-11-16(24)13-17(25)12-15/h6-9,11-14,20H,3-5,10H2,1-2H3,(H,26,29)(H,27,30). The molecule has 2 atom stereocenters. The average Bonchev–Trinajstić information content (AvgIpc) is 3.27. The van der Waals surface area contributed by atoms with Crippen molar-refractivity contribution < 1.29 is 23.9 Å². The Balaban J connectivity index is 1.54. The van der Waals surface area contributed by atoms with E-state index >= 15 is 0 Å². The highest BCUT2D eigenvalue weighted by Gasteiger charge is 2.35. The number of rotatable bonds is 7. The Bertz CT molecular complexity index is 995. The molecule has 1 aliphatic rings. The summed E-state index contributed by atoms with van der Waals surface area (Å²) in [5.41, 5.74) is 5.05. The van der Waals surface area contributed by atoms with Crippen LogP contribution in [0.1, 0.15) is 37.0 Å². The van der Waals surface area contributed by atoms with Gasteiger partial charge in [0.15, 0.2) is 6.10 Å². The Morgan fingerprint density at radius 3 is 2.33 bits per heavy atom. The molecule has 8 nitrogen and oxygen atoms in total. The Kier molecular flexibility index (Phi) is 8.41. The van der Waals surface area contributed by atoms with Crippen molar-refractivity contribution in [1.29, 1.82) is 0 Å². The fraction of sp³-hybridized carbons (Fsp3) is 0.348. The summed E-state index contributed by atoms with van der Waals surface area (Å²) in [5.74, 6) is -0.189. The second-order valence-electron chi connectivity index (χ2n) is 7.46. The zero-order chi connectivity index (χ0) is 24.0. The van der Waals surface area contributed by atoms with Gasteiger partial charge in [0.05, 0.1) is 6.61 Å². The molecule has 176 valence electrons. The first-order valence-corrected chi connectivity index (χ1v) is 11.3. The molecule has 2 aromatic rings. The quantitative estimate of drug-likeness (QED) is 0.574. The molecule has 10 heteroatoms. The zero-order valence-corrected chi connectivity index (χ0v) is 19.8. The molecule has 2 unspecified atom stereocenters. The fourth-order valence-electron chi connectivity index (χ4n) is 3.47. The average molecular weight is 494 g/mol. The molecule has 3 amide bonds. The molecule has 0 aromatic heterocycles. The van der Waals surface area contributed by atoms with Crippen molar-refractivity contribution in [1.82, 2.24) is 15.8 Å². The number of likely N-dealkylation sites (tertiary alicyclic amines) is 1. The number of hydrogen-bond acceptors (Lipinski definition) is 5. The van der Waals surface area contributed by atoms with Gasteiger partial charge in [-0.1, -0.05) is 23.2 Å². The maximum absolute atomic E-state index is 12.9. The third-order valence-electron chi connectivity index (χ3n) is 5.05. The zero-order valence-electron chi connectivity index (χ0n) is 18.3. The van der Waals surface area contributed by atoms with E-state index in [0.717, 1.165) is 0 Å². The minimum absolute atomic E-state index is 0.300. The summed E-state index contributed by atoms with van der Waals surface area (Å²) in [4.78, 5) is 39.4. The van der Waals surface area contributed by atoms with Crippen LogP contribution in [0.5, 0.6) is 11.5 Å². The third kappa shape index (κ3) is 6.52. The molecule has 33 heavy (non-hydrogen) atoms. The van der Waals surface area contributed by atoms with Gasteiger partial charge >= 0.3 is 0 Å². The number of ether oxygens (including phenoxy) is 2. The summed E-state index contributed by atoms with van der Waals surface area (Å²) in [6, 6.07) is 10.7. The number of nitrogens with one attached hydrogen (secondary N) is 2. The Morgan fingerprint density at radius 1 is 1.06 bits per heavy atom. The number of nitrogens with zero attached hydrogens (tertiary/aromatic N) is 1. The van der Waals surface area contributed by atoms with E-state index in [1.165, 1.54) is 23.1 Å². The molecule has 1 saturated heterocycles. The smallest absolute Gasteiger partial charge is 0.279 e. The molecule has 0 radical (unpaired) electrons. The first-order chi connectivity index (χ1) is 15.8. The summed E-state index contributed by atoms with van der Waals surface area (Å²) in [6.45, 7) is 4.41. The van der Waals surface area contributed by atoms with Gasteiger partial charge in [0.2, 0.25) is 0 Å². The van der Waals surface area contributed by atoms with E-state index in [2.05, 4.69) is 10.9 Å². The van der Waals surface area contributed by atoms with Gasteiger partial charge in [-0.05, 0) is 69.2 Å². The van der Waals surface area contributed by atoms with Crippen molar-refractivity contribution in [2.24, 2.45) is 0 Å². The number of carbonyl (C=O) groups is 3. The summed E-state index contributed by atoms with van der Waals surface area (Å²) >= 11 is 12.0. The van der Waals surface area contributed by atoms with Crippen LogP contribution in [-0.2, 0) is 9.59 Å². The molecule has 3 rings (SSSR count). The van der Waals surface area contributed by atoms with Gasteiger partial charge in [0.25, 0.3) is 17.7 Å². The van der Waals surface area contributed by atoms with Crippen LogP contribution < -0.4 is 20.3 Å². The van der Waals surface area contributed by atoms with Crippen molar-refractivity contribution in [3.8, 4) is 11.5 Å². The van der Waals surface area contributed by atoms with Crippen LogP contribution in [0.4, 0.5) is 0 Å². The van der Waals surface area contributed by atoms with E-state index in [0.29, 0.717) is 53.1 Å². The largest absolute Gasteiger partial charge is 0.494 e. The lowest BCUT2D eigenvalue weighted by Gasteiger charge is -2.24. The maximum Gasteiger partial charge on any atom is 0.279 e. The van der Waals surface area contributed by atoms with Crippen LogP contribution in [0.2, 0.25) is 10.0 Å². The van der Waals surface area contributed by atoms with Crippen LogP contribution >= 0.6 is 23.2 Å². The second-order valence-corrected chi connectivity index (χ2v) is 8.33. The number of hydrogen-bond donors (Lipinski definition) is 2. The van der Waals surface area contributed by atoms with Crippen LogP contribution in [0.3, 0.4) is 0 Å². The minimum Gasteiger partial charge on any atom is -0.494 e. The highest BCUT2D eigenvalue weighted by atomic mass is 35.5. The first-order valence-electron chi connectivity index (χ1n) is 10.5. The van der Waals surface area contributed by atoms with Crippen molar-refractivity contribution >= 4 is 40.9 Å². The van der Waals surface area contributed by atoms with E-state index in [4.69, 9.17) is 32.7 Å². The fourth-order valence-corrected chi connectivity index (χ4v) is 4.00. The molecular weight excluding hydrogens is 469 g/mol. The monoisotopic (exact) mass is 493 g/mol. The van der Waals surface area contributed by atoms with E-state index in [-0.39, 0.29) is 5.91 Å².